The number of amides is 1. The fraction of sp³-hybridized carbons (Fsp3) is 0.381. The Labute approximate surface area is 144 Å². The number of rotatable bonds is 5. The molecule has 1 aliphatic heterocycles. The summed E-state index contributed by atoms with van der Waals surface area (Å²) in [5.41, 5.74) is 9.65. The molecular formula is C21H26N2O. The number of carbonyl (C=O) groups excluding carboxylic acids is 1. The van der Waals surface area contributed by atoms with Gasteiger partial charge in [0.15, 0.2) is 0 Å². The maximum absolute atomic E-state index is 12.7. The lowest BCUT2D eigenvalue weighted by Gasteiger charge is -2.17. The normalized spacial score (nSPS) is 20.3. The lowest BCUT2D eigenvalue weighted by Crippen LogP contribution is -2.31. The van der Waals surface area contributed by atoms with Crippen molar-refractivity contribution in [1.29, 1.82) is 0 Å². The van der Waals surface area contributed by atoms with Gasteiger partial charge in [0.25, 0.3) is 0 Å². The van der Waals surface area contributed by atoms with Crippen LogP contribution in [-0.2, 0) is 17.6 Å². The minimum atomic E-state index is 0.205. The first-order chi connectivity index (χ1) is 11.7. The van der Waals surface area contributed by atoms with Gasteiger partial charge in [-0.3, -0.25) is 4.79 Å². The van der Waals surface area contributed by atoms with Gasteiger partial charge < -0.3 is 10.6 Å². The summed E-state index contributed by atoms with van der Waals surface area (Å²) < 4.78 is 0. The van der Waals surface area contributed by atoms with E-state index >= 15 is 0 Å². The van der Waals surface area contributed by atoms with E-state index in [1.165, 1.54) is 11.1 Å². The molecule has 2 aromatic rings. The van der Waals surface area contributed by atoms with Crippen LogP contribution in [0.25, 0.3) is 0 Å². The highest BCUT2D eigenvalue weighted by molar-refractivity contribution is 5.79. The third-order valence-corrected chi connectivity index (χ3v) is 5.11. The molecule has 1 fully saturated rings. The van der Waals surface area contributed by atoms with Crippen molar-refractivity contribution in [2.75, 3.05) is 19.6 Å². The number of likely N-dealkylation sites (tertiary alicyclic amines) is 1. The number of benzene rings is 2. The van der Waals surface area contributed by atoms with Crippen molar-refractivity contribution in [3.05, 3.63) is 71.3 Å². The molecule has 3 heteroatoms. The Morgan fingerprint density at radius 2 is 1.71 bits per heavy atom. The summed E-state index contributed by atoms with van der Waals surface area (Å²) in [6.07, 6.45) is 1.50. The Morgan fingerprint density at radius 3 is 2.33 bits per heavy atom. The van der Waals surface area contributed by atoms with Crippen molar-refractivity contribution < 1.29 is 4.79 Å². The molecule has 0 aliphatic carbocycles. The highest BCUT2D eigenvalue weighted by Gasteiger charge is 2.34. The molecule has 2 aromatic carbocycles. The van der Waals surface area contributed by atoms with E-state index in [0.29, 0.717) is 24.8 Å². The second-order valence-corrected chi connectivity index (χ2v) is 6.66. The number of nitrogens with zero attached hydrogens (tertiary/aromatic N) is 1. The van der Waals surface area contributed by atoms with E-state index in [1.807, 2.05) is 11.0 Å². The van der Waals surface area contributed by atoms with Crippen LogP contribution >= 0.6 is 0 Å². The minimum Gasteiger partial charge on any atom is -0.341 e. The number of nitrogens with two attached hydrogens (primary N) is 1. The van der Waals surface area contributed by atoms with E-state index in [1.54, 1.807) is 0 Å². The largest absolute Gasteiger partial charge is 0.341 e. The average Bonchev–Trinajstić information content (AvgIpc) is 3.08. The SMILES string of the molecule is CCc1ccc(CC(=O)N2C[C@@H](CN)[C@H](c3ccccc3)C2)cc1. The topological polar surface area (TPSA) is 46.3 Å². The third-order valence-electron chi connectivity index (χ3n) is 5.11. The van der Waals surface area contributed by atoms with Gasteiger partial charge in [-0.25, -0.2) is 0 Å². The van der Waals surface area contributed by atoms with Crippen molar-refractivity contribution in [2.24, 2.45) is 11.7 Å². The molecule has 0 saturated carbocycles. The van der Waals surface area contributed by atoms with Gasteiger partial charge in [0.05, 0.1) is 6.42 Å². The van der Waals surface area contributed by atoms with Gasteiger partial charge in [-0.1, -0.05) is 61.5 Å². The zero-order valence-corrected chi connectivity index (χ0v) is 14.3. The van der Waals surface area contributed by atoms with Crippen LogP contribution in [0.5, 0.6) is 0 Å². The second kappa shape index (κ2) is 7.63. The van der Waals surface area contributed by atoms with E-state index in [2.05, 4.69) is 55.5 Å². The van der Waals surface area contributed by atoms with Crippen molar-refractivity contribution in [3.8, 4) is 0 Å². The summed E-state index contributed by atoms with van der Waals surface area (Å²) in [4.78, 5) is 14.7. The summed E-state index contributed by atoms with van der Waals surface area (Å²) in [7, 11) is 0. The lowest BCUT2D eigenvalue weighted by atomic mass is 9.89. The Bertz CT molecular complexity index is 666. The predicted molar refractivity (Wildman–Crippen MR) is 97.8 cm³/mol. The molecule has 0 bridgehead atoms. The molecule has 1 heterocycles. The second-order valence-electron chi connectivity index (χ2n) is 6.66. The Hall–Kier alpha value is -2.13. The van der Waals surface area contributed by atoms with E-state index in [0.717, 1.165) is 25.1 Å². The monoisotopic (exact) mass is 322 g/mol. The first kappa shape index (κ1) is 16.7. The summed E-state index contributed by atoms with van der Waals surface area (Å²) >= 11 is 0. The highest BCUT2D eigenvalue weighted by Crippen LogP contribution is 2.32. The predicted octanol–water partition coefficient (Wildman–Crippen LogP) is 2.99. The van der Waals surface area contributed by atoms with Crippen LogP contribution in [0, 0.1) is 5.92 Å². The summed E-state index contributed by atoms with van der Waals surface area (Å²) in [5, 5.41) is 0. The summed E-state index contributed by atoms with van der Waals surface area (Å²) in [6.45, 7) is 4.30. The van der Waals surface area contributed by atoms with Gasteiger partial charge in [-0.15, -0.1) is 0 Å². The molecule has 0 aromatic heterocycles. The van der Waals surface area contributed by atoms with Gasteiger partial charge in [0.1, 0.15) is 0 Å². The summed E-state index contributed by atoms with van der Waals surface area (Å²) in [5.74, 6) is 0.901. The van der Waals surface area contributed by atoms with Crippen LogP contribution in [0.1, 0.15) is 29.5 Å². The van der Waals surface area contributed by atoms with E-state index < -0.39 is 0 Å². The van der Waals surface area contributed by atoms with E-state index in [4.69, 9.17) is 5.73 Å². The van der Waals surface area contributed by atoms with Gasteiger partial charge in [0.2, 0.25) is 5.91 Å². The molecule has 24 heavy (non-hydrogen) atoms. The van der Waals surface area contributed by atoms with Crippen LogP contribution in [-0.4, -0.2) is 30.4 Å². The average molecular weight is 322 g/mol. The standard InChI is InChI=1S/C21H26N2O/c1-2-16-8-10-17(11-9-16)12-21(24)23-14-19(13-22)20(15-23)18-6-4-3-5-7-18/h3-11,19-20H,2,12-15,22H2,1H3/t19-,20+/m1/s1. The Kier molecular flexibility index (Phi) is 5.31. The quantitative estimate of drug-likeness (QED) is 0.920. The number of hydrogen-bond donors (Lipinski definition) is 1. The number of hydrogen-bond acceptors (Lipinski definition) is 2. The molecule has 3 rings (SSSR count). The first-order valence-corrected chi connectivity index (χ1v) is 8.82. The number of carbonyl (C=O) groups is 1. The van der Waals surface area contributed by atoms with Gasteiger partial charge in [-0.2, -0.15) is 0 Å². The first-order valence-electron chi connectivity index (χ1n) is 8.82. The molecule has 1 saturated heterocycles. The van der Waals surface area contributed by atoms with E-state index in [9.17, 15) is 4.79 Å². The molecule has 2 N–H and O–H groups in total. The Balaban J connectivity index is 1.67. The lowest BCUT2D eigenvalue weighted by molar-refractivity contribution is -0.129. The molecule has 1 aliphatic rings. The Morgan fingerprint density at radius 1 is 1.04 bits per heavy atom. The van der Waals surface area contributed by atoms with Crippen LogP contribution in [0.15, 0.2) is 54.6 Å². The van der Waals surface area contributed by atoms with Crippen LogP contribution in [0.3, 0.4) is 0 Å². The van der Waals surface area contributed by atoms with Crippen molar-refractivity contribution in [1.82, 2.24) is 4.90 Å². The molecule has 1 amide bonds. The highest BCUT2D eigenvalue weighted by atomic mass is 16.2. The molecule has 3 nitrogen and oxygen atoms in total. The molecular weight excluding hydrogens is 296 g/mol. The molecule has 0 radical (unpaired) electrons. The van der Waals surface area contributed by atoms with Crippen molar-refractivity contribution in [2.45, 2.75) is 25.7 Å². The zero-order chi connectivity index (χ0) is 16.9. The smallest absolute Gasteiger partial charge is 0.227 e. The van der Waals surface area contributed by atoms with Gasteiger partial charge >= 0.3 is 0 Å². The van der Waals surface area contributed by atoms with Gasteiger partial charge in [0, 0.05) is 19.0 Å². The fourth-order valence-corrected chi connectivity index (χ4v) is 3.57. The van der Waals surface area contributed by atoms with Crippen LogP contribution < -0.4 is 5.73 Å². The van der Waals surface area contributed by atoms with Crippen molar-refractivity contribution in [3.63, 3.8) is 0 Å². The minimum absolute atomic E-state index is 0.205. The van der Waals surface area contributed by atoms with Crippen molar-refractivity contribution >= 4 is 5.91 Å². The van der Waals surface area contributed by atoms with Crippen LogP contribution in [0.2, 0.25) is 0 Å². The molecule has 126 valence electrons. The maximum atomic E-state index is 12.7. The zero-order valence-electron chi connectivity index (χ0n) is 14.3. The van der Waals surface area contributed by atoms with Crippen LogP contribution in [0.4, 0.5) is 0 Å². The summed E-state index contributed by atoms with van der Waals surface area (Å²) in [6, 6.07) is 18.8. The van der Waals surface area contributed by atoms with E-state index in [-0.39, 0.29) is 5.91 Å². The molecule has 0 spiro atoms. The molecule has 0 unspecified atom stereocenters. The van der Waals surface area contributed by atoms with Gasteiger partial charge in [-0.05, 0) is 35.6 Å². The third kappa shape index (κ3) is 3.68. The fourth-order valence-electron chi connectivity index (χ4n) is 3.57. The molecule has 2 atom stereocenters. The number of aryl methyl sites for hydroxylation is 1. The maximum Gasteiger partial charge on any atom is 0.227 e.